The van der Waals surface area contributed by atoms with Gasteiger partial charge in [0.1, 0.15) is 18.3 Å². The summed E-state index contributed by atoms with van der Waals surface area (Å²) in [7, 11) is -1.98. The van der Waals surface area contributed by atoms with Gasteiger partial charge in [-0.3, -0.25) is 10.1 Å². The summed E-state index contributed by atoms with van der Waals surface area (Å²) < 4.78 is 24.9. The molecule has 0 aromatic heterocycles. The topological polar surface area (TPSA) is 80.1 Å². The fourth-order valence-corrected chi connectivity index (χ4v) is 5.06. The van der Waals surface area contributed by atoms with Crippen LogP contribution in [0, 0.1) is 10.1 Å². The van der Waals surface area contributed by atoms with Crippen molar-refractivity contribution in [3.63, 3.8) is 0 Å². The van der Waals surface area contributed by atoms with Crippen LogP contribution < -0.4 is 0 Å². The molecule has 4 atom stereocenters. The van der Waals surface area contributed by atoms with E-state index >= 15 is 0 Å². The van der Waals surface area contributed by atoms with Crippen molar-refractivity contribution in [1.82, 2.24) is 0 Å². The molecule has 0 aliphatic carbocycles. The third-order valence-electron chi connectivity index (χ3n) is 6.40. The predicted molar refractivity (Wildman–Crippen MR) is 122 cm³/mol. The first kappa shape index (κ1) is 24.9. The van der Waals surface area contributed by atoms with Crippen molar-refractivity contribution in [2.75, 3.05) is 6.61 Å². The number of rotatable bonds is 6. The molecule has 1 aromatic rings. The van der Waals surface area contributed by atoms with Crippen molar-refractivity contribution in [2.24, 2.45) is 0 Å². The van der Waals surface area contributed by atoms with E-state index in [1.165, 1.54) is 12.1 Å². The molecule has 7 nitrogen and oxygen atoms in total. The molecule has 0 N–H and O–H groups in total. The van der Waals surface area contributed by atoms with Crippen LogP contribution in [0.2, 0.25) is 28.2 Å². The molecule has 31 heavy (non-hydrogen) atoms. The summed E-state index contributed by atoms with van der Waals surface area (Å²) in [5.41, 5.74) is 0.358. The van der Waals surface area contributed by atoms with Gasteiger partial charge >= 0.3 is 0 Å². The highest BCUT2D eigenvalue weighted by molar-refractivity contribution is 6.74. The maximum atomic E-state index is 11.6. The van der Waals surface area contributed by atoms with Gasteiger partial charge in [0, 0.05) is 18.1 Å². The average molecular weight is 492 g/mol. The van der Waals surface area contributed by atoms with Gasteiger partial charge in [-0.1, -0.05) is 44.0 Å². The summed E-state index contributed by atoms with van der Waals surface area (Å²) in [6.45, 7) is 15.0. The Kier molecular flexibility index (Phi) is 6.87. The molecule has 0 unspecified atom stereocenters. The Balaban J connectivity index is 1.83. The Morgan fingerprint density at radius 3 is 2.23 bits per heavy atom. The number of nitrogens with zero attached hydrogens (tertiary/aromatic N) is 1. The zero-order valence-corrected chi connectivity index (χ0v) is 21.5. The van der Waals surface area contributed by atoms with Crippen molar-refractivity contribution < 1.29 is 23.6 Å². The first-order valence-electron chi connectivity index (χ1n) is 10.4. The molecule has 174 valence electrons. The van der Waals surface area contributed by atoms with Crippen LogP contribution in [0.1, 0.15) is 40.2 Å². The van der Waals surface area contributed by atoms with Crippen LogP contribution in [0.5, 0.6) is 0 Å². The van der Waals surface area contributed by atoms with Crippen LogP contribution in [-0.2, 0) is 25.1 Å². The van der Waals surface area contributed by atoms with Crippen molar-refractivity contribution in [3.05, 3.63) is 37.9 Å². The lowest BCUT2D eigenvalue weighted by Gasteiger charge is -2.37. The maximum Gasteiger partial charge on any atom is 0.274 e. The average Bonchev–Trinajstić information content (AvgIpc) is 3.08. The Morgan fingerprint density at radius 2 is 1.68 bits per heavy atom. The van der Waals surface area contributed by atoms with Crippen LogP contribution in [-0.4, -0.2) is 50.1 Å². The second-order valence-corrected chi connectivity index (χ2v) is 15.8. The molecule has 0 amide bonds. The first-order chi connectivity index (χ1) is 14.1. The second-order valence-electron chi connectivity index (χ2n) is 10.2. The van der Waals surface area contributed by atoms with E-state index in [0.29, 0.717) is 12.2 Å². The van der Waals surface area contributed by atoms with Gasteiger partial charge in [0.15, 0.2) is 14.1 Å². The normalized spacial score (nSPS) is 28.0. The van der Waals surface area contributed by atoms with E-state index < -0.39 is 25.1 Å². The van der Waals surface area contributed by atoms with Crippen molar-refractivity contribution in [3.8, 4) is 0 Å². The fraction of sp³-hybridized carbons (Fsp3) is 0.714. The Hall–Kier alpha value is -0.743. The number of hydrogen-bond donors (Lipinski definition) is 0. The van der Waals surface area contributed by atoms with Crippen LogP contribution in [0.4, 0.5) is 5.69 Å². The quantitative estimate of drug-likeness (QED) is 0.286. The Labute approximate surface area is 194 Å². The molecule has 2 fully saturated rings. The van der Waals surface area contributed by atoms with Gasteiger partial charge < -0.3 is 18.6 Å². The molecule has 0 radical (unpaired) electrons. The molecule has 0 bridgehead atoms. The van der Waals surface area contributed by atoms with Gasteiger partial charge in [0.2, 0.25) is 0 Å². The summed E-state index contributed by atoms with van der Waals surface area (Å²) in [6, 6.07) is 2.81. The lowest BCUT2D eigenvalue weighted by molar-refractivity contribution is -0.385. The zero-order chi connectivity index (χ0) is 23.4. The largest absolute Gasteiger partial charge is 0.414 e. The minimum Gasteiger partial charge on any atom is -0.414 e. The van der Waals surface area contributed by atoms with Gasteiger partial charge in [-0.2, -0.15) is 0 Å². The summed E-state index contributed by atoms with van der Waals surface area (Å²) in [5, 5.41) is 12.0. The highest BCUT2D eigenvalue weighted by Gasteiger charge is 2.55. The molecule has 0 saturated carbocycles. The number of fused-ring (bicyclic) bond motifs is 1. The van der Waals surface area contributed by atoms with Crippen molar-refractivity contribution in [2.45, 2.75) is 89.4 Å². The van der Waals surface area contributed by atoms with Crippen LogP contribution in [0.3, 0.4) is 0 Å². The summed E-state index contributed by atoms with van der Waals surface area (Å²) >= 11 is 12.1. The summed E-state index contributed by atoms with van der Waals surface area (Å²) in [5.74, 6) is -0.768. The molecule has 0 spiro atoms. The number of ether oxygens (including phenoxy) is 3. The molecule has 1 aromatic carbocycles. The standard InChI is InChI=1S/C21H31Cl2NO6Si/c1-20(2,3)31(6,7)27-11-17-19-18(29-21(4,5)30-19)16(28-17)9-12-8-13(22)14(23)10-15(12)24(25)26/h8,10,16-19H,9,11H2,1-7H3/t16-,17+,18-,19+/m0/s1. The number of benzene rings is 1. The molecular formula is C21H31Cl2NO6Si. The van der Waals surface area contributed by atoms with Gasteiger partial charge in [-0.05, 0) is 38.0 Å². The molecule has 2 aliphatic rings. The van der Waals surface area contributed by atoms with Crippen molar-refractivity contribution in [1.29, 1.82) is 0 Å². The van der Waals surface area contributed by atoms with E-state index in [-0.39, 0.29) is 45.5 Å². The number of nitro groups is 1. The SMILES string of the molecule is CC1(C)O[C@@H]2[C@H](O1)[C@@H](CO[Si](C)(C)C(C)(C)C)O[C@H]2Cc1cc(Cl)c(Cl)cc1[N+](=O)[O-]. The van der Waals surface area contributed by atoms with E-state index in [4.69, 9.17) is 41.8 Å². The van der Waals surface area contributed by atoms with Crippen LogP contribution in [0.15, 0.2) is 12.1 Å². The number of halogens is 2. The summed E-state index contributed by atoms with van der Waals surface area (Å²) in [6.07, 6.45) is -1.18. The molecule has 10 heteroatoms. The van der Waals surface area contributed by atoms with E-state index in [1.807, 2.05) is 13.8 Å². The summed E-state index contributed by atoms with van der Waals surface area (Å²) in [4.78, 5) is 11.1. The number of nitro benzene ring substituents is 1. The van der Waals surface area contributed by atoms with Crippen LogP contribution in [0.25, 0.3) is 0 Å². The highest BCUT2D eigenvalue weighted by Crippen LogP contribution is 2.43. The third-order valence-corrected chi connectivity index (χ3v) is 11.6. The molecule has 3 rings (SSSR count). The molecule has 2 heterocycles. The van der Waals surface area contributed by atoms with E-state index in [2.05, 4.69) is 33.9 Å². The predicted octanol–water partition coefficient (Wildman–Crippen LogP) is 5.75. The maximum absolute atomic E-state index is 11.6. The van der Waals surface area contributed by atoms with Gasteiger partial charge in [-0.25, -0.2) is 0 Å². The molecule has 2 aliphatic heterocycles. The number of hydrogen-bond acceptors (Lipinski definition) is 6. The Morgan fingerprint density at radius 1 is 1.13 bits per heavy atom. The Bertz CT molecular complexity index is 857. The smallest absolute Gasteiger partial charge is 0.274 e. The third kappa shape index (κ3) is 5.26. The fourth-order valence-electron chi connectivity index (χ4n) is 3.70. The monoisotopic (exact) mass is 491 g/mol. The second kappa shape index (κ2) is 8.55. The molecule has 2 saturated heterocycles. The first-order valence-corrected chi connectivity index (χ1v) is 14.0. The van der Waals surface area contributed by atoms with E-state index in [1.54, 1.807) is 0 Å². The van der Waals surface area contributed by atoms with Gasteiger partial charge in [-0.15, -0.1) is 0 Å². The van der Waals surface area contributed by atoms with Crippen molar-refractivity contribution >= 4 is 37.2 Å². The highest BCUT2D eigenvalue weighted by atomic mass is 35.5. The lowest BCUT2D eigenvalue weighted by atomic mass is 10.0. The lowest BCUT2D eigenvalue weighted by Crippen LogP contribution is -2.44. The minimum absolute atomic E-state index is 0.0668. The van der Waals surface area contributed by atoms with E-state index in [0.717, 1.165) is 0 Å². The van der Waals surface area contributed by atoms with Gasteiger partial charge in [0.25, 0.3) is 5.69 Å². The van der Waals surface area contributed by atoms with Gasteiger partial charge in [0.05, 0.1) is 27.7 Å². The van der Waals surface area contributed by atoms with Crippen LogP contribution >= 0.6 is 23.2 Å². The van der Waals surface area contributed by atoms with E-state index in [9.17, 15) is 10.1 Å². The molecular weight excluding hydrogens is 461 g/mol. The minimum atomic E-state index is -1.98. The zero-order valence-electron chi connectivity index (χ0n) is 19.0.